The standard InChI is InChI=1S/C61H83F2N11O19/c1-36(67-49(78)35-92-28-27-91-26-25-90-6)56(85)68-37(2)57(86)71-45(31-47(64)76)60(89)70-44(59(88)66-23-22-65-58(87)43(17-20-53(82)83)69-48(77)13-10-14-54(84)93-74-50(79)18-19-51(74)80)21-24-73(52(81)34-75)55(61(3,4)5)46-29-39(41-30-40(62)15-16-42(41)63)33-72(46)32-38-11-8-7-9-12-38/h7-9,11-12,15-16,29-30,33,36-37,43-45,55,75H,10,13-14,17-28,31-32,34-35H2,1-6H3,(H2,64,76)(H,65,87)(H,66,88)(H,67,78)(H,68,85)(H,69,77)(H,70,89)(H,71,86)(H,82,83)/t36-,37-,43+,44-,45-,55-/m0/s1/i/hD. The van der Waals surface area contributed by atoms with E-state index in [2.05, 4.69) is 31.9 Å². The van der Waals surface area contributed by atoms with E-state index >= 15 is 4.39 Å². The largest absolute Gasteiger partial charge is 0.481 e. The third-order valence-electron chi connectivity index (χ3n) is 14.1. The number of hydroxylamine groups is 2. The Labute approximate surface area is 536 Å². The van der Waals surface area contributed by atoms with E-state index in [4.69, 9.17) is 26.2 Å². The van der Waals surface area contributed by atoms with Gasteiger partial charge in [-0.25, -0.2) is 13.6 Å². The third kappa shape index (κ3) is 25.7. The number of hydrogen-bond acceptors (Lipinski definition) is 18. The average Bonchev–Trinajstić information content (AvgIpc) is 1.58. The molecule has 0 spiro atoms. The number of hydrogen-bond donors (Lipinski definition) is 10. The number of primary amides is 1. The predicted octanol–water partition coefficient (Wildman–Crippen LogP) is -0.327. The molecule has 0 saturated carbocycles. The van der Waals surface area contributed by atoms with Crippen molar-refractivity contribution >= 4 is 76.9 Å². The van der Waals surface area contributed by atoms with E-state index in [1.807, 2.05) is 12.1 Å². The Hall–Kier alpha value is -9.27. The molecule has 1 saturated heterocycles. The summed E-state index contributed by atoms with van der Waals surface area (Å²) < 4.78 is 55.5. The number of aliphatic hydroxyl groups is 1. The van der Waals surface area contributed by atoms with Crippen LogP contribution in [0.2, 0.25) is 1.41 Å². The molecule has 93 heavy (non-hydrogen) atoms. The fraction of sp³-hybridized carbons (Fsp3) is 0.525. The summed E-state index contributed by atoms with van der Waals surface area (Å²) in [5.74, 6) is -14.2. The molecular weight excluding hydrogens is 1230 g/mol. The monoisotopic (exact) mass is 1310 g/mol. The molecule has 4 rings (SSSR count). The summed E-state index contributed by atoms with van der Waals surface area (Å²) in [6, 6.07) is 4.29. The minimum Gasteiger partial charge on any atom is -0.481 e. The summed E-state index contributed by atoms with van der Waals surface area (Å²) in [5.41, 5.74) is 5.77. The van der Waals surface area contributed by atoms with Gasteiger partial charge in [-0.2, -0.15) is 0 Å². The van der Waals surface area contributed by atoms with E-state index in [-0.39, 0.29) is 63.2 Å². The lowest BCUT2D eigenvalue weighted by Gasteiger charge is -2.41. The number of aliphatic hydroxyl groups excluding tert-OH is 1. The van der Waals surface area contributed by atoms with Crippen molar-refractivity contribution in [1.82, 2.24) is 51.7 Å². The number of rotatable bonds is 40. The second kappa shape index (κ2) is 37.9. The lowest BCUT2D eigenvalue weighted by Crippen LogP contribution is -2.58. The number of carboxylic acids is 1. The van der Waals surface area contributed by atoms with Crippen molar-refractivity contribution in [3.63, 3.8) is 0 Å². The van der Waals surface area contributed by atoms with Crippen molar-refractivity contribution < 1.29 is 102 Å². The molecule has 2 aromatic carbocycles. The first-order valence-electron chi connectivity index (χ1n) is 30.3. The van der Waals surface area contributed by atoms with Crippen LogP contribution in [0, 0.1) is 17.0 Å². The number of imide groups is 1. The van der Waals surface area contributed by atoms with Gasteiger partial charge < -0.3 is 81.7 Å². The van der Waals surface area contributed by atoms with Crippen LogP contribution < -0.4 is 42.9 Å². The van der Waals surface area contributed by atoms with E-state index < -0.39 is 195 Å². The number of aliphatic carboxylic acids is 1. The number of aromatic nitrogens is 1. The predicted molar refractivity (Wildman–Crippen MR) is 323 cm³/mol. The zero-order chi connectivity index (χ0) is 69.8. The van der Waals surface area contributed by atoms with Crippen LogP contribution in [-0.4, -0.2) is 198 Å². The summed E-state index contributed by atoms with van der Waals surface area (Å²) in [5, 5.41) is 35.1. The van der Waals surface area contributed by atoms with Gasteiger partial charge in [0.05, 0.1) is 38.9 Å². The van der Waals surface area contributed by atoms with Gasteiger partial charge in [0.2, 0.25) is 53.2 Å². The number of nitrogens with one attached hydrogen (secondary N) is 7. The number of carboxylic acid groups (broad SMARTS) is 1. The summed E-state index contributed by atoms with van der Waals surface area (Å²) in [7, 11) is 1.49. The lowest BCUT2D eigenvalue weighted by molar-refractivity contribution is -0.197. The molecule has 11 amide bonds. The molecule has 1 aliphatic heterocycles. The average molecular weight is 1310 g/mol. The maximum Gasteiger partial charge on any atom is 0.333 e. The smallest absolute Gasteiger partial charge is 0.333 e. The number of amides is 11. The van der Waals surface area contributed by atoms with Gasteiger partial charge in [-0.05, 0) is 68.4 Å². The Morgan fingerprint density at radius 1 is 0.731 bits per heavy atom. The van der Waals surface area contributed by atoms with Gasteiger partial charge in [0.1, 0.15) is 55.1 Å². The maximum absolute atomic E-state index is 15.5. The highest BCUT2D eigenvalue weighted by atomic mass is 19.1. The Kier molecular flexibility index (Phi) is 30.4. The van der Waals surface area contributed by atoms with Crippen molar-refractivity contribution in [2.45, 2.75) is 135 Å². The molecule has 510 valence electrons. The summed E-state index contributed by atoms with van der Waals surface area (Å²) >= 11 is 0. The molecule has 1 fully saturated rings. The molecule has 0 unspecified atom stereocenters. The number of carbonyl (C=O) groups excluding carboxylic acids is 12. The number of benzene rings is 2. The van der Waals surface area contributed by atoms with Crippen molar-refractivity contribution in [2.75, 3.05) is 66.4 Å². The zero-order valence-corrected chi connectivity index (χ0v) is 52.6. The second-order valence-corrected chi connectivity index (χ2v) is 22.6. The third-order valence-corrected chi connectivity index (χ3v) is 14.1. The fourth-order valence-electron chi connectivity index (χ4n) is 9.47. The summed E-state index contributed by atoms with van der Waals surface area (Å²) in [6.07, 6.45) is -2.12. The van der Waals surface area contributed by atoms with Gasteiger partial charge in [0.25, 0.3) is 11.8 Å². The highest BCUT2D eigenvalue weighted by Gasteiger charge is 2.39. The van der Waals surface area contributed by atoms with Gasteiger partial charge in [0, 0.05) is 88.4 Å². The second-order valence-electron chi connectivity index (χ2n) is 22.6. The minimum absolute atomic E-state index is 0.0170. The van der Waals surface area contributed by atoms with E-state index in [0.717, 1.165) is 23.8 Å². The number of ether oxygens (including phenoxy) is 3. The number of nitrogens with zero attached hydrogens (tertiary/aromatic N) is 3. The molecule has 1 aliphatic rings. The van der Waals surface area contributed by atoms with Gasteiger partial charge in [-0.3, -0.25) is 57.5 Å². The van der Waals surface area contributed by atoms with Crippen LogP contribution >= 0.6 is 0 Å². The van der Waals surface area contributed by atoms with Crippen molar-refractivity contribution in [3.8, 4) is 11.1 Å². The van der Waals surface area contributed by atoms with Crippen molar-refractivity contribution in [1.29, 1.82) is 0 Å². The Balaban J connectivity index is 1.61. The molecule has 0 aliphatic carbocycles. The lowest BCUT2D eigenvalue weighted by atomic mass is 9.82. The maximum atomic E-state index is 15.5. The first-order valence-corrected chi connectivity index (χ1v) is 29.8. The van der Waals surface area contributed by atoms with E-state index in [9.17, 15) is 76.9 Å². The van der Waals surface area contributed by atoms with Crippen LogP contribution in [-0.2, 0) is 87.9 Å². The highest BCUT2D eigenvalue weighted by molar-refractivity contribution is 6.02. The van der Waals surface area contributed by atoms with Crippen LogP contribution in [0.25, 0.3) is 11.1 Å². The zero-order valence-electron chi connectivity index (χ0n) is 53.6. The van der Waals surface area contributed by atoms with Gasteiger partial charge in [-0.1, -0.05) is 51.1 Å². The van der Waals surface area contributed by atoms with Crippen LogP contribution in [0.4, 0.5) is 8.78 Å². The molecular formula is C61H83F2N11O19. The Morgan fingerprint density at radius 2 is 1.34 bits per heavy atom. The molecule has 6 atom stereocenters. The van der Waals surface area contributed by atoms with Crippen LogP contribution in [0.1, 0.15) is 110 Å². The van der Waals surface area contributed by atoms with Crippen LogP contribution in [0.5, 0.6) is 0 Å². The molecule has 2 heterocycles. The number of halogens is 2. The molecule has 32 heteroatoms. The Morgan fingerprint density at radius 3 is 1.96 bits per heavy atom. The van der Waals surface area contributed by atoms with Gasteiger partial charge >= 0.3 is 11.9 Å². The quantitative estimate of drug-likeness (QED) is 0.0257. The van der Waals surface area contributed by atoms with E-state index in [1.54, 1.807) is 55.8 Å². The van der Waals surface area contributed by atoms with Crippen LogP contribution in [0.3, 0.4) is 0 Å². The summed E-state index contributed by atoms with van der Waals surface area (Å²) in [4.78, 5) is 175. The molecule has 11 N–H and O–H groups in total. The van der Waals surface area contributed by atoms with E-state index in [0.29, 0.717) is 22.7 Å². The molecule has 30 nitrogen and oxygen atoms in total. The summed E-state index contributed by atoms with van der Waals surface area (Å²) in [6.45, 7) is 5.46. The minimum atomic E-state index is -1.88. The first-order chi connectivity index (χ1) is 44.4. The SMILES string of the molecule is [2H]N(C(=O)COCCOCCOC)[C@@H](C)C(=O)N[C@@H](C)C(=O)N[C@@H](CC(N)=O)C(=O)N[C@@H](CCN(C(=O)CO)[C@@H](c1cc(-c2cc(F)ccc2F)cn1Cc1ccccc1)C(C)(C)C)C(=O)NCCNC(=O)[C@@H](CCC(=O)O)NC(=O)CCCC(=O)ON1C(=O)CCC1=O. The number of methoxy groups -OCH3 is 1. The highest BCUT2D eigenvalue weighted by Crippen LogP contribution is 2.41. The van der Waals surface area contributed by atoms with E-state index in [1.165, 1.54) is 25.9 Å². The topological polar surface area (TPSA) is 421 Å². The fourth-order valence-corrected chi connectivity index (χ4v) is 9.47. The molecule has 0 bridgehead atoms. The van der Waals surface area contributed by atoms with Crippen molar-refractivity contribution in [3.05, 3.63) is 83.7 Å². The van der Waals surface area contributed by atoms with Crippen LogP contribution in [0.15, 0.2) is 60.8 Å². The normalized spacial score (nSPS) is 14.2. The number of nitrogens with two attached hydrogens (primary N) is 1. The van der Waals surface area contributed by atoms with Crippen molar-refractivity contribution in [2.24, 2.45) is 11.1 Å². The first kappa shape index (κ1) is 74.5. The number of carbonyl (C=O) groups is 13. The Bertz CT molecular complexity index is 3150. The van der Waals surface area contributed by atoms with Gasteiger partial charge in [0.15, 0.2) is 1.41 Å². The molecule has 1 aromatic heterocycles. The molecule has 0 radical (unpaired) electrons. The van der Waals surface area contributed by atoms with Gasteiger partial charge in [-0.15, -0.1) is 5.06 Å². The molecule has 3 aromatic rings.